The Kier molecular flexibility index (Phi) is 2.98. The summed E-state index contributed by atoms with van der Waals surface area (Å²) in [6.07, 6.45) is 5.43. The molecule has 2 heterocycles. The number of nitrogens with zero attached hydrogens (tertiary/aromatic N) is 4. The van der Waals surface area contributed by atoms with Crippen LogP contribution >= 0.6 is 0 Å². The first-order valence-electron chi connectivity index (χ1n) is 6.21. The number of pyridine rings is 1. The molecule has 19 heavy (non-hydrogen) atoms. The number of ether oxygens (including phenoxy) is 1. The maximum Gasteiger partial charge on any atom is 0.340 e. The first-order chi connectivity index (χ1) is 9.25. The highest BCUT2D eigenvalue weighted by Crippen LogP contribution is 2.38. The van der Waals surface area contributed by atoms with Gasteiger partial charge in [-0.2, -0.15) is 0 Å². The zero-order valence-electron chi connectivity index (χ0n) is 10.6. The van der Waals surface area contributed by atoms with E-state index >= 15 is 0 Å². The van der Waals surface area contributed by atoms with Crippen molar-refractivity contribution in [2.75, 3.05) is 0 Å². The van der Waals surface area contributed by atoms with Crippen molar-refractivity contribution in [3.05, 3.63) is 41.7 Å². The van der Waals surface area contributed by atoms with E-state index in [4.69, 9.17) is 4.74 Å². The molecule has 1 saturated carbocycles. The fourth-order valence-corrected chi connectivity index (χ4v) is 1.90. The molecular formula is C13H14N4O2. The third-order valence-corrected chi connectivity index (χ3v) is 3.17. The molecule has 1 fully saturated rings. The van der Waals surface area contributed by atoms with E-state index in [0.717, 1.165) is 5.82 Å². The molecule has 0 aromatic carbocycles. The van der Waals surface area contributed by atoms with Crippen LogP contribution in [0.25, 0.3) is 0 Å². The second-order valence-corrected chi connectivity index (χ2v) is 4.63. The van der Waals surface area contributed by atoms with E-state index in [0.29, 0.717) is 17.3 Å². The minimum atomic E-state index is -0.399. The first kappa shape index (κ1) is 11.8. The Balaban J connectivity index is 1.65. The molecule has 0 amide bonds. The molecule has 6 heteroatoms. The average Bonchev–Trinajstić information content (AvgIpc) is 3.22. The molecule has 1 aliphatic rings. The third-order valence-electron chi connectivity index (χ3n) is 3.17. The zero-order chi connectivity index (χ0) is 13.2. The largest absolute Gasteiger partial charge is 0.454 e. The predicted molar refractivity (Wildman–Crippen MR) is 66.3 cm³/mol. The Morgan fingerprint density at radius 1 is 1.47 bits per heavy atom. The predicted octanol–water partition coefficient (Wildman–Crippen LogP) is 1.44. The van der Waals surface area contributed by atoms with Gasteiger partial charge >= 0.3 is 5.97 Å². The summed E-state index contributed by atoms with van der Waals surface area (Å²) in [5.41, 5.74) is 0.437. The van der Waals surface area contributed by atoms with E-state index in [9.17, 15) is 4.79 Å². The van der Waals surface area contributed by atoms with Gasteiger partial charge in [-0.1, -0.05) is 0 Å². The summed E-state index contributed by atoms with van der Waals surface area (Å²) in [5.74, 6) is 1.77. The van der Waals surface area contributed by atoms with Crippen LogP contribution in [0.5, 0.6) is 0 Å². The van der Waals surface area contributed by atoms with Gasteiger partial charge in [0, 0.05) is 25.4 Å². The molecule has 0 aliphatic heterocycles. The van der Waals surface area contributed by atoms with Crippen molar-refractivity contribution in [1.29, 1.82) is 0 Å². The van der Waals surface area contributed by atoms with Gasteiger partial charge in [0.25, 0.3) is 0 Å². The third kappa shape index (κ3) is 2.47. The van der Waals surface area contributed by atoms with Crippen LogP contribution in [0.15, 0.2) is 24.5 Å². The Hall–Kier alpha value is -2.24. The monoisotopic (exact) mass is 258 g/mol. The lowest BCUT2D eigenvalue weighted by molar-refractivity contribution is 0.0458. The molecule has 0 radical (unpaired) electrons. The van der Waals surface area contributed by atoms with Crippen molar-refractivity contribution >= 4 is 5.97 Å². The van der Waals surface area contributed by atoms with Crippen molar-refractivity contribution in [3.63, 3.8) is 0 Å². The Labute approximate surface area is 110 Å². The Bertz CT molecular complexity index is 590. The summed E-state index contributed by atoms with van der Waals surface area (Å²) in [6.45, 7) is 0.129. The van der Waals surface area contributed by atoms with Gasteiger partial charge in [-0.25, -0.2) is 4.79 Å². The Morgan fingerprint density at radius 2 is 2.32 bits per heavy atom. The van der Waals surface area contributed by atoms with Crippen molar-refractivity contribution in [2.24, 2.45) is 7.05 Å². The van der Waals surface area contributed by atoms with E-state index in [-0.39, 0.29) is 6.61 Å². The van der Waals surface area contributed by atoms with E-state index in [1.165, 1.54) is 19.0 Å². The van der Waals surface area contributed by atoms with E-state index in [1.54, 1.807) is 18.3 Å². The molecule has 1 aliphatic carbocycles. The van der Waals surface area contributed by atoms with Gasteiger partial charge in [0.15, 0.2) is 12.4 Å². The smallest absolute Gasteiger partial charge is 0.340 e. The van der Waals surface area contributed by atoms with Crippen LogP contribution in [-0.2, 0) is 18.4 Å². The number of rotatable bonds is 4. The number of esters is 1. The minimum Gasteiger partial charge on any atom is -0.454 e. The number of carbonyl (C=O) groups is 1. The quantitative estimate of drug-likeness (QED) is 0.776. The number of carbonyl (C=O) groups excluding carboxylic acids is 1. The van der Waals surface area contributed by atoms with Crippen molar-refractivity contribution in [3.8, 4) is 0 Å². The molecule has 0 bridgehead atoms. The van der Waals surface area contributed by atoms with Gasteiger partial charge < -0.3 is 9.30 Å². The van der Waals surface area contributed by atoms with Crippen molar-refractivity contribution < 1.29 is 9.53 Å². The van der Waals surface area contributed by atoms with Crippen LogP contribution < -0.4 is 0 Å². The summed E-state index contributed by atoms with van der Waals surface area (Å²) < 4.78 is 7.12. The summed E-state index contributed by atoms with van der Waals surface area (Å²) in [6, 6.07) is 3.37. The summed E-state index contributed by atoms with van der Waals surface area (Å²) in [7, 11) is 1.90. The van der Waals surface area contributed by atoms with Crippen LogP contribution in [-0.4, -0.2) is 25.7 Å². The van der Waals surface area contributed by atoms with Crippen molar-refractivity contribution in [2.45, 2.75) is 25.4 Å². The molecule has 0 atom stereocenters. The van der Waals surface area contributed by atoms with Crippen LogP contribution in [0.3, 0.4) is 0 Å². The van der Waals surface area contributed by atoms with Gasteiger partial charge in [0.1, 0.15) is 5.82 Å². The maximum atomic E-state index is 11.8. The van der Waals surface area contributed by atoms with Crippen molar-refractivity contribution in [1.82, 2.24) is 19.7 Å². The lowest BCUT2D eigenvalue weighted by atomic mass is 10.3. The van der Waals surface area contributed by atoms with Gasteiger partial charge in [-0.15, -0.1) is 10.2 Å². The molecule has 3 rings (SSSR count). The SMILES string of the molecule is Cn1c(COC(=O)c2cccnc2)nnc1C1CC1. The molecule has 0 spiro atoms. The minimum absolute atomic E-state index is 0.129. The molecule has 6 nitrogen and oxygen atoms in total. The summed E-state index contributed by atoms with van der Waals surface area (Å²) >= 11 is 0. The highest BCUT2D eigenvalue weighted by molar-refractivity contribution is 5.88. The average molecular weight is 258 g/mol. The first-order valence-corrected chi connectivity index (χ1v) is 6.21. The zero-order valence-corrected chi connectivity index (χ0v) is 10.6. The van der Waals surface area contributed by atoms with Crippen LogP contribution in [0.4, 0.5) is 0 Å². The Morgan fingerprint density at radius 3 is 3.00 bits per heavy atom. The molecule has 0 saturated heterocycles. The van der Waals surface area contributed by atoms with Crippen LogP contribution in [0, 0.1) is 0 Å². The molecular weight excluding hydrogens is 244 g/mol. The van der Waals surface area contributed by atoms with Gasteiger partial charge in [-0.3, -0.25) is 4.98 Å². The van der Waals surface area contributed by atoms with Crippen LogP contribution in [0.2, 0.25) is 0 Å². The molecule has 2 aromatic heterocycles. The standard InChI is InChI=1S/C13H14N4O2/c1-17-11(15-16-12(17)9-4-5-9)8-19-13(18)10-3-2-6-14-7-10/h2-3,6-7,9H,4-5,8H2,1H3. The molecule has 2 aromatic rings. The normalized spacial score (nSPS) is 14.4. The summed E-state index contributed by atoms with van der Waals surface area (Å²) in [5, 5.41) is 8.20. The van der Waals surface area contributed by atoms with Gasteiger partial charge in [0.05, 0.1) is 5.56 Å². The highest BCUT2D eigenvalue weighted by atomic mass is 16.5. The lowest BCUT2D eigenvalue weighted by Crippen LogP contribution is -2.09. The summed E-state index contributed by atoms with van der Waals surface area (Å²) in [4.78, 5) is 15.6. The maximum absolute atomic E-state index is 11.8. The fourth-order valence-electron chi connectivity index (χ4n) is 1.90. The van der Waals surface area contributed by atoms with E-state index in [1.807, 2.05) is 11.6 Å². The lowest BCUT2D eigenvalue weighted by Gasteiger charge is -2.05. The molecule has 0 N–H and O–H groups in total. The van der Waals surface area contributed by atoms with Crippen LogP contribution in [0.1, 0.15) is 40.8 Å². The number of hydrogen-bond donors (Lipinski definition) is 0. The van der Waals surface area contributed by atoms with Gasteiger partial charge in [0.2, 0.25) is 0 Å². The highest BCUT2D eigenvalue weighted by Gasteiger charge is 2.29. The molecule has 98 valence electrons. The van der Waals surface area contributed by atoms with E-state index < -0.39 is 5.97 Å². The fraction of sp³-hybridized carbons (Fsp3) is 0.385. The number of hydrogen-bond acceptors (Lipinski definition) is 5. The van der Waals surface area contributed by atoms with Gasteiger partial charge in [-0.05, 0) is 25.0 Å². The topological polar surface area (TPSA) is 69.9 Å². The molecule has 0 unspecified atom stereocenters. The second kappa shape index (κ2) is 4.79. The second-order valence-electron chi connectivity index (χ2n) is 4.63. The van der Waals surface area contributed by atoms with E-state index in [2.05, 4.69) is 15.2 Å². The number of aromatic nitrogens is 4.